The summed E-state index contributed by atoms with van der Waals surface area (Å²) in [5, 5.41) is 9.16. The molecule has 0 fully saturated rings. The van der Waals surface area contributed by atoms with Gasteiger partial charge in [0.15, 0.2) is 0 Å². The van der Waals surface area contributed by atoms with Crippen molar-refractivity contribution >= 4 is 11.6 Å². The van der Waals surface area contributed by atoms with E-state index < -0.39 is 0 Å². The van der Waals surface area contributed by atoms with Crippen LogP contribution >= 0.6 is 0 Å². The average Bonchev–Trinajstić information content (AvgIpc) is 2.60. The highest BCUT2D eigenvalue weighted by molar-refractivity contribution is 6.13. The van der Waals surface area contributed by atoms with Crippen LogP contribution in [0.3, 0.4) is 0 Å². The van der Waals surface area contributed by atoms with Crippen LogP contribution in [0.5, 0.6) is 0 Å². The van der Waals surface area contributed by atoms with E-state index >= 15 is 0 Å². The molecule has 5 heteroatoms. The van der Waals surface area contributed by atoms with E-state index in [4.69, 9.17) is 5.11 Å². The molecule has 1 atom stereocenters. The molecule has 26 heavy (non-hydrogen) atoms. The van der Waals surface area contributed by atoms with Crippen molar-refractivity contribution in [3.8, 4) is 0 Å². The SMILES string of the molecule is CC1=CC2C=C(CN(CCCO)Cc3cccc(F)c3)C(=O)N=C2C=C1. The van der Waals surface area contributed by atoms with Crippen LogP contribution in [0.15, 0.2) is 64.7 Å². The lowest BCUT2D eigenvalue weighted by Gasteiger charge is -2.26. The van der Waals surface area contributed by atoms with Crippen LogP contribution in [0.2, 0.25) is 0 Å². The predicted octanol–water partition coefficient (Wildman–Crippen LogP) is 3.05. The molecule has 1 aromatic rings. The second kappa shape index (κ2) is 8.34. The van der Waals surface area contributed by atoms with E-state index in [1.807, 2.05) is 36.1 Å². The van der Waals surface area contributed by atoms with E-state index in [0.717, 1.165) is 16.8 Å². The lowest BCUT2D eigenvalue weighted by atomic mass is 9.90. The largest absolute Gasteiger partial charge is 0.396 e. The molecule has 0 bridgehead atoms. The minimum absolute atomic E-state index is 0.0292. The van der Waals surface area contributed by atoms with Crippen LogP contribution in [0.1, 0.15) is 18.9 Å². The molecule has 1 aliphatic heterocycles. The van der Waals surface area contributed by atoms with Crippen LogP contribution in [0.4, 0.5) is 4.39 Å². The van der Waals surface area contributed by atoms with Crippen LogP contribution in [0.25, 0.3) is 0 Å². The molecule has 1 aliphatic carbocycles. The summed E-state index contributed by atoms with van der Waals surface area (Å²) < 4.78 is 13.5. The van der Waals surface area contributed by atoms with E-state index in [0.29, 0.717) is 31.6 Å². The molecular weight excluding hydrogens is 331 g/mol. The van der Waals surface area contributed by atoms with Gasteiger partial charge in [-0.05, 0) is 37.1 Å². The van der Waals surface area contributed by atoms with Gasteiger partial charge in [-0.3, -0.25) is 9.69 Å². The number of aliphatic hydroxyl groups is 1. The number of carbonyl (C=O) groups excluding carboxylic acids is 1. The normalized spacial score (nSPS) is 19.2. The number of benzene rings is 1. The molecule has 1 amide bonds. The Kier molecular flexibility index (Phi) is 5.91. The highest BCUT2D eigenvalue weighted by Crippen LogP contribution is 2.23. The predicted molar refractivity (Wildman–Crippen MR) is 100 cm³/mol. The number of allylic oxidation sites excluding steroid dienone is 5. The van der Waals surface area contributed by atoms with Crippen LogP contribution < -0.4 is 0 Å². The van der Waals surface area contributed by atoms with E-state index in [1.165, 1.54) is 12.1 Å². The molecule has 0 saturated carbocycles. The van der Waals surface area contributed by atoms with Gasteiger partial charge in [0, 0.05) is 37.7 Å². The molecule has 1 heterocycles. The Morgan fingerprint density at radius 1 is 1.23 bits per heavy atom. The van der Waals surface area contributed by atoms with Gasteiger partial charge in [-0.2, -0.15) is 0 Å². The lowest BCUT2D eigenvalue weighted by Crippen LogP contribution is -2.31. The van der Waals surface area contributed by atoms with Crippen molar-refractivity contribution in [2.75, 3.05) is 19.7 Å². The number of aliphatic hydroxyl groups excluding tert-OH is 1. The average molecular weight is 354 g/mol. The van der Waals surface area contributed by atoms with E-state index in [1.54, 1.807) is 6.07 Å². The number of aliphatic imine (C=N–C) groups is 1. The lowest BCUT2D eigenvalue weighted by molar-refractivity contribution is -0.114. The Bertz CT molecular complexity index is 808. The van der Waals surface area contributed by atoms with E-state index in [-0.39, 0.29) is 24.2 Å². The zero-order chi connectivity index (χ0) is 18.5. The number of halogens is 1. The summed E-state index contributed by atoms with van der Waals surface area (Å²) in [5.41, 5.74) is 3.41. The number of fused-ring (bicyclic) bond motifs is 1. The van der Waals surface area contributed by atoms with Gasteiger partial charge in [0.05, 0.1) is 5.71 Å². The summed E-state index contributed by atoms with van der Waals surface area (Å²) in [6, 6.07) is 6.45. The summed E-state index contributed by atoms with van der Waals surface area (Å²) in [7, 11) is 0. The fraction of sp³-hybridized carbons (Fsp3) is 0.333. The molecule has 2 aliphatic rings. The maximum absolute atomic E-state index is 13.5. The molecule has 0 saturated heterocycles. The molecule has 0 aromatic heterocycles. The Balaban J connectivity index is 1.75. The Morgan fingerprint density at radius 2 is 2.08 bits per heavy atom. The summed E-state index contributed by atoms with van der Waals surface area (Å²) in [6.45, 7) is 3.66. The minimum atomic E-state index is -0.276. The maximum atomic E-state index is 13.5. The molecule has 3 rings (SSSR count). The Hall–Kier alpha value is -2.37. The molecule has 1 N–H and O–H groups in total. The highest BCUT2D eigenvalue weighted by Gasteiger charge is 2.24. The number of carbonyl (C=O) groups is 1. The monoisotopic (exact) mass is 354 g/mol. The smallest absolute Gasteiger partial charge is 0.274 e. The standard InChI is InChI=1S/C21H23FN2O2/c1-15-6-7-20-17(10-15)12-18(21(26)23-20)14-24(8-3-9-25)13-16-4-2-5-19(22)11-16/h2,4-7,10-12,17,25H,3,8-9,13-14H2,1H3. The number of amides is 1. The van der Waals surface area contributed by atoms with Crippen LogP contribution in [0, 0.1) is 11.7 Å². The highest BCUT2D eigenvalue weighted by atomic mass is 19.1. The van der Waals surface area contributed by atoms with Crippen molar-refractivity contribution < 1.29 is 14.3 Å². The maximum Gasteiger partial charge on any atom is 0.274 e. The van der Waals surface area contributed by atoms with Gasteiger partial charge < -0.3 is 5.11 Å². The van der Waals surface area contributed by atoms with Crippen LogP contribution in [-0.4, -0.2) is 41.3 Å². The quantitative estimate of drug-likeness (QED) is 0.819. The fourth-order valence-electron chi connectivity index (χ4n) is 3.24. The third kappa shape index (κ3) is 4.62. The van der Waals surface area contributed by atoms with Gasteiger partial charge in [-0.1, -0.05) is 35.9 Å². The van der Waals surface area contributed by atoms with Gasteiger partial charge in [-0.25, -0.2) is 9.38 Å². The zero-order valence-electron chi connectivity index (χ0n) is 14.9. The first-order chi connectivity index (χ1) is 12.5. The first-order valence-electron chi connectivity index (χ1n) is 8.83. The van der Waals surface area contributed by atoms with Crippen molar-refractivity contribution in [3.63, 3.8) is 0 Å². The molecule has 1 aromatic carbocycles. The number of rotatable bonds is 7. The Labute approximate surface area is 153 Å². The number of hydrogen-bond donors (Lipinski definition) is 1. The Morgan fingerprint density at radius 3 is 2.85 bits per heavy atom. The van der Waals surface area contributed by atoms with Gasteiger partial charge in [0.1, 0.15) is 5.82 Å². The van der Waals surface area contributed by atoms with Gasteiger partial charge >= 0.3 is 0 Å². The third-order valence-electron chi connectivity index (χ3n) is 4.51. The minimum Gasteiger partial charge on any atom is -0.396 e. The van der Waals surface area contributed by atoms with Crippen molar-refractivity contribution in [1.29, 1.82) is 0 Å². The topological polar surface area (TPSA) is 52.9 Å². The van der Waals surface area contributed by atoms with Gasteiger partial charge in [0.25, 0.3) is 5.91 Å². The summed E-state index contributed by atoms with van der Waals surface area (Å²) in [6.07, 6.45) is 8.50. The first-order valence-corrected chi connectivity index (χ1v) is 8.83. The second-order valence-corrected chi connectivity index (χ2v) is 6.72. The number of nitrogens with zero attached hydrogens (tertiary/aromatic N) is 2. The molecule has 0 spiro atoms. The van der Waals surface area contributed by atoms with Gasteiger partial charge in [-0.15, -0.1) is 0 Å². The molecule has 136 valence electrons. The van der Waals surface area contributed by atoms with Crippen molar-refractivity contribution in [1.82, 2.24) is 4.90 Å². The zero-order valence-corrected chi connectivity index (χ0v) is 14.9. The van der Waals surface area contributed by atoms with Crippen molar-refractivity contribution in [2.24, 2.45) is 10.9 Å². The summed E-state index contributed by atoms with van der Waals surface area (Å²) in [5.74, 6) is -0.468. The third-order valence-corrected chi connectivity index (χ3v) is 4.51. The molecule has 0 radical (unpaired) electrons. The van der Waals surface area contributed by atoms with Crippen molar-refractivity contribution in [3.05, 3.63) is 71.1 Å². The number of dihydropyridines is 1. The van der Waals surface area contributed by atoms with E-state index in [9.17, 15) is 9.18 Å². The van der Waals surface area contributed by atoms with Gasteiger partial charge in [0.2, 0.25) is 0 Å². The summed E-state index contributed by atoms with van der Waals surface area (Å²) >= 11 is 0. The second-order valence-electron chi connectivity index (χ2n) is 6.72. The van der Waals surface area contributed by atoms with E-state index in [2.05, 4.69) is 11.1 Å². The number of hydrogen-bond acceptors (Lipinski definition) is 3. The molecular formula is C21H23FN2O2. The molecule has 4 nitrogen and oxygen atoms in total. The summed E-state index contributed by atoms with van der Waals surface area (Å²) in [4.78, 5) is 18.7. The first kappa shape index (κ1) is 18.4. The fourth-order valence-corrected chi connectivity index (χ4v) is 3.24. The van der Waals surface area contributed by atoms with Crippen LogP contribution in [-0.2, 0) is 11.3 Å². The molecule has 1 unspecified atom stereocenters. The van der Waals surface area contributed by atoms with Crippen molar-refractivity contribution in [2.45, 2.75) is 19.9 Å².